The van der Waals surface area contributed by atoms with Gasteiger partial charge in [-0.1, -0.05) is 42.4 Å². The molecule has 1 amide bonds. The predicted molar refractivity (Wildman–Crippen MR) is 125 cm³/mol. The number of carbonyl (C=O) groups excluding carboxylic acids is 1. The summed E-state index contributed by atoms with van der Waals surface area (Å²) in [5.74, 6) is 1.33. The lowest BCUT2D eigenvalue weighted by Gasteiger charge is -2.30. The number of methoxy groups -OCH3 is 1. The highest BCUT2D eigenvalue weighted by molar-refractivity contribution is 7.99. The Hall–Kier alpha value is -2.51. The van der Waals surface area contributed by atoms with E-state index in [0.29, 0.717) is 38.4 Å². The van der Waals surface area contributed by atoms with Gasteiger partial charge >= 0.3 is 0 Å². The third-order valence-electron chi connectivity index (χ3n) is 5.46. The van der Waals surface area contributed by atoms with Crippen molar-refractivity contribution in [2.75, 3.05) is 26.0 Å². The van der Waals surface area contributed by atoms with Gasteiger partial charge in [-0.15, -0.1) is 0 Å². The minimum absolute atomic E-state index is 0.0589. The first-order chi connectivity index (χ1) is 15.0. The second-order valence-electron chi connectivity index (χ2n) is 7.74. The summed E-state index contributed by atoms with van der Waals surface area (Å²) in [5.41, 5.74) is 0.860. The SMILES string of the molecule is COc1ccccc1-n1c(SCC(=O)N2CCCC(C)C2)nc2cc(Cl)ccc2c1=O. The molecule has 3 aromatic rings. The Morgan fingerprint density at radius 1 is 1.29 bits per heavy atom. The number of benzene rings is 2. The topological polar surface area (TPSA) is 64.4 Å². The van der Waals surface area contributed by atoms with Crippen LogP contribution in [0.3, 0.4) is 0 Å². The lowest BCUT2D eigenvalue weighted by atomic mass is 10.0. The van der Waals surface area contributed by atoms with Gasteiger partial charge < -0.3 is 9.64 Å². The standard InChI is InChI=1S/C23H24ClN3O3S/c1-15-6-5-11-26(13-15)21(28)14-31-23-25-18-12-16(24)9-10-17(18)22(29)27(23)19-7-3-4-8-20(19)30-2/h3-4,7-10,12,15H,5-6,11,13-14H2,1-2H3. The third kappa shape index (κ3) is 4.57. The van der Waals surface area contributed by atoms with Crippen LogP contribution in [0.25, 0.3) is 16.6 Å². The first-order valence-corrected chi connectivity index (χ1v) is 11.6. The van der Waals surface area contributed by atoms with Gasteiger partial charge in [-0.05, 0) is 49.1 Å². The van der Waals surface area contributed by atoms with Gasteiger partial charge in [-0.25, -0.2) is 4.98 Å². The molecule has 1 fully saturated rings. The molecule has 6 nitrogen and oxygen atoms in total. The molecule has 0 radical (unpaired) electrons. The van der Waals surface area contributed by atoms with Crippen molar-refractivity contribution in [1.29, 1.82) is 0 Å². The second-order valence-corrected chi connectivity index (χ2v) is 9.12. The van der Waals surface area contributed by atoms with Crippen LogP contribution in [0.15, 0.2) is 52.4 Å². The molecule has 2 heterocycles. The Labute approximate surface area is 190 Å². The van der Waals surface area contributed by atoms with E-state index in [4.69, 9.17) is 21.3 Å². The van der Waals surface area contributed by atoms with Crippen LogP contribution in [-0.2, 0) is 4.79 Å². The van der Waals surface area contributed by atoms with Crippen molar-refractivity contribution >= 4 is 40.2 Å². The quantitative estimate of drug-likeness (QED) is 0.419. The van der Waals surface area contributed by atoms with Gasteiger partial charge in [-0.3, -0.25) is 14.2 Å². The summed E-state index contributed by atoms with van der Waals surface area (Å²) in [7, 11) is 1.56. The van der Waals surface area contributed by atoms with Gasteiger partial charge in [0.25, 0.3) is 5.56 Å². The van der Waals surface area contributed by atoms with E-state index < -0.39 is 0 Å². The highest BCUT2D eigenvalue weighted by atomic mass is 35.5. The van der Waals surface area contributed by atoms with Crippen molar-refractivity contribution in [3.63, 3.8) is 0 Å². The van der Waals surface area contributed by atoms with E-state index in [9.17, 15) is 9.59 Å². The minimum Gasteiger partial charge on any atom is -0.495 e. The zero-order valence-electron chi connectivity index (χ0n) is 17.5. The van der Waals surface area contributed by atoms with E-state index in [1.807, 2.05) is 23.1 Å². The van der Waals surface area contributed by atoms with Crippen LogP contribution in [-0.4, -0.2) is 46.3 Å². The largest absolute Gasteiger partial charge is 0.495 e. The number of amides is 1. The summed E-state index contributed by atoms with van der Waals surface area (Å²) in [6.45, 7) is 3.73. The summed E-state index contributed by atoms with van der Waals surface area (Å²) in [5, 5.41) is 1.39. The molecular formula is C23H24ClN3O3S. The first-order valence-electron chi connectivity index (χ1n) is 10.2. The first kappa shape index (κ1) is 21.7. The molecule has 1 saturated heterocycles. The molecule has 1 atom stereocenters. The van der Waals surface area contributed by atoms with Crippen LogP contribution < -0.4 is 10.3 Å². The lowest BCUT2D eigenvalue weighted by Crippen LogP contribution is -2.40. The molecule has 1 aromatic heterocycles. The molecule has 1 aliphatic heterocycles. The number of likely N-dealkylation sites (tertiary alicyclic amines) is 1. The van der Waals surface area contributed by atoms with Crippen molar-refractivity contribution in [1.82, 2.24) is 14.5 Å². The van der Waals surface area contributed by atoms with Crippen molar-refractivity contribution in [2.45, 2.75) is 24.9 Å². The zero-order chi connectivity index (χ0) is 22.0. The van der Waals surface area contributed by atoms with Crippen molar-refractivity contribution in [3.05, 3.63) is 57.8 Å². The molecule has 0 N–H and O–H groups in total. The predicted octanol–water partition coefficient (Wildman–Crippen LogP) is 4.40. The van der Waals surface area contributed by atoms with Gasteiger partial charge in [-0.2, -0.15) is 0 Å². The summed E-state index contributed by atoms with van der Waals surface area (Å²) < 4.78 is 7.00. The maximum atomic E-state index is 13.4. The van der Waals surface area contributed by atoms with Gasteiger partial charge in [0.2, 0.25) is 5.91 Å². The normalized spacial score (nSPS) is 16.5. The fourth-order valence-electron chi connectivity index (χ4n) is 3.90. The number of thioether (sulfide) groups is 1. The summed E-state index contributed by atoms with van der Waals surface area (Å²) in [4.78, 5) is 32.9. The maximum Gasteiger partial charge on any atom is 0.266 e. The van der Waals surface area contributed by atoms with Crippen molar-refractivity contribution < 1.29 is 9.53 Å². The van der Waals surface area contributed by atoms with Crippen molar-refractivity contribution in [3.8, 4) is 11.4 Å². The monoisotopic (exact) mass is 457 g/mol. The lowest BCUT2D eigenvalue weighted by molar-refractivity contribution is -0.130. The number of piperidine rings is 1. The van der Waals surface area contributed by atoms with Crippen molar-refractivity contribution in [2.24, 2.45) is 5.92 Å². The number of halogens is 1. The number of carbonyl (C=O) groups is 1. The van der Waals surface area contributed by atoms with Gasteiger partial charge in [0, 0.05) is 18.1 Å². The fourth-order valence-corrected chi connectivity index (χ4v) is 4.97. The Morgan fingerprint density at radius 2 is 2.10 bits per heavy atom. The van der Waals surface area contributed by atoms with E-state index in [1.165, 1.54) is 16.3 Å². The molecule has 0 aliphatic carbocycles. The molecule has 1 aliphatic rings. The highest BCUT2D eigenvalue weighted by Gasteiger charge is 2.23. The average molecular weight is 458 g/mol. The molecule has 4 rings (SSSR count). The molecular weight excluding hydrogens is 434 g/mol. The molecule has 0 bridgehead atoms. The number of hydrogen-bond acceptors (Lipinski definition) is 5. The average Bonchev–Trinajstić information content (AvgIpc) is 2.77. The Kier molecular flexibility index (Phi) is 6.53. The number of aromatic nitrogens is 2. The van der Waals surface area contributed by atoms with Crippen LogP contribution >= 0.6 is 23.4 Å². The smallest absolute Gasteiger partial charge is 0.266 e. The fraction of sp³-hybridized carbons (Fsp3) is 0.348. The van der Waals surface area contributed by atoms with Gasteiger partial charge in [0.1, 0.15) is 5.75 Å². The van der Waals surface area contributed by atoms with Crippen LogP contribution in [0.2, 0.25) is 5.02 Å². The van der Waals surface area contributed by atoms with Crippen LogP contribution in [0.1, 0.15) is 19.8 Å². The Bertz CT molecular complexity index is 1180. The zero-order valence-corrected chi connectivity index (χ0v) is 19.1. The number of para-hydroxylation sites is 2. The molecule has 0 saturated carbocycles. The second kappa shape index (κ2) is 9.32. The maximum absolute atomic E-state index is 13.4. The number of hydrogen-bond donors (Lipinski definition) is 0. The Balaban J connectivity index is 1.75. The third-order valence-corrected chi connectivity index (χ3v) is 6.62. The highest BCUT2D eigenvalue weighted by Crippen LogP contribution is 2.28. The van der Waals surface area contributed by atoms with Gasteiger partial charge in [0.15, 0.2) is 5.16 Å². The van der Waals surface area contributed by atoms with Gasteiger partial charge in [0.05, 0.1) is 29.5 Å². The van der Waals surface area contributed by atoms with Crippen LogP contribution in [0.4, 0.5) is 0 Å². The van der Waals surface area contributed by atoms with E-state index in [1.54, 1.807) is 31.4 Å². The molecule has 0 spiro atoms. The van der Waals surface area contributed by atoms with E-state index in [2.05, 4.69) is 6.92 Å². The number of rotatable bonds is 5. The van der Waals surface area contributed by atoms with E-state index >= 15 is 0 Å². The molecule has 1 unspecified atom stereocenters. The van der Waals surface area contributed by atoms with E-state index in [-0.39, 0.29) is 17.2 Å². The number of nitrogens with zero attached hydrogens (tertiary/aromatic N) is 3. The summed E-state index contributed by atoms with van der Waals surface area (Å²) in [6, 6.07) is 12.3. The Morgan fingerprint density at radius 3 is 2.87 bits per heavy atom. The molecule has 162 valence electrons. The summed E-state index contributed by atoms with van der Waals surface area (Å²) >= 11 is 7.40. The van der Waals surface area contributed by atoms with Crippen LogP contribution in [0.5, 0.6) is 5.75 Å². The number of fused-ring (bicyclic) bond motifs is 1. The summed E-state index contributed by atoms with van der Waals surface area (Å²) in [6.07, 6.45) is 2.17. The molecule has 2 aromatic carbocycles. The van der Waals surface area contributed by atoms with E-state index in [0.717, 1.165) is 25.9 Å². The molecule has 8 heteroatoms. The van der Waals surface area contributed by atoms with Crippen LogP contribution in [0, 0.1) is 5.92 Å². The molecule has 31 heavy (non-hydrogen) atoms. The number of ether oxygens (including phenoxy) is 1. The minimum atomic E-state index is -0.229.